The van der Waals surface area contributed by atoms with Gasteiger partial charge >= 0.3 is 29.6 Å². The number of carboxylic acids is 1. The first-order valence-corrected chi connectivity index (χ1v) is 8.71. The molecule has 140 valence electrons. The Hall–Kier alpha value is -1.84. The van der Waals surface area contributed by atoms with E-state index in [1.165, 1.54) is 12.1 Å². The maximum Gasteiger partial charge on any atom is 1.00 e. The zero-order valence-corrected chi connectivity index (χ0v) is 18.5. The Morgan fingerprint density at radius 2 is 1.82 bits per heavy atom. The van der Waals surface area contributed by atoms with Crippen LogP contribution in [-0.4, -0.2) is 30.4 Å². The number of hydrogen-bond donors (Lipinski definition) is 1. The minimum atomic E-state index is -1.58. The second kappa shape index (κ2) is 10.1. The Morgan fingerprint density at radius 3 is 2.50 bits per heavy atom. The number of fused-ring (bicyclic) bond motifs is 1. The average Bonchev–Trinajstić information content (AvgIpc) is 2.65. The van der Waals surface area contributed by atoms with E-state index in [0.717, 1.165) is 10.5 Å². The van der Waals surface area contributed by atoms with Gasteiger partial charge in [-0.2, -0.15) is 0 Å². The smallest absolute Gasteiger partial charge is 0.542 e. The summed E-state index contributed by atoms with van der Waals surface area (Å²) in [6.07, 6.45) is -0.946. The molecule has 0 aliphatic carbocycles. The van der Waals surface area contributed by atoms with E-state index < -0.39 is 23.3 Å². The number of aliphatic hydroxyl groups is 1. The molecule has 9 heteroatoms. The summed E-state index contributed by atoms with van der Waals surface area (Å²) in [5.41, 5.74) is -0.522. The molecular formula is C19H14BrNaO7. The third kappa shape index (κ3) is 5.59. The number of carbonyl (C=O) groups is 1. The van der Waals surface area contributed by atoms with Crippen LogP contribution in [0.25, 0.3) is 11.0 Å². The Bertz CT molecular complexity index is 1020. The van der Waals surface area contributed by atoms with Crippen molar-refractivity contribution in [3.8, 4) is 11.5 Å². The number of benzene rings is 2. The Kier molecular flexibility index (Phi) is 8.09. The fraction of sp³-hybridized carbons (Fsp3) is 0.158. The van der Waals surface area contributed by atoms with Crippen molar-refractivity contribution in [2.24, 2.45) is 0 Å². The van der Waals surface area contributed by atoms with E-state index in [-0.39, 0.29) is 59.5 Å². The van der Waals surface area contributed by atoms with Crippen molar-refractivity contribution < 1.29 is 58.5 Å². The van der Waals surface area contributed by atoms with E-state index in [9.17, 15) is 19.8 Å². The summed E-state index contributed by atoms with van der Waals surface area (Å²) in [4.78, 5) is 23.1. The van der Waals surface area contributed by atoms with Gasteiger partial charge in [0, 0.05) is 10.5 Å². The monoisotopic (exact) mass is 456 g/mol. The molecule has 0 amide bonds. The first kappa shape index (κ1) is 22.4. The van der Waals surface area contributed by atoms with E-state index in [2.05, 4.69) is 15.9 Å². The summed E-state index contributed by atoms with van der Waals surface area (Å²) >= 11 is 3.32. The van der Waals surface area contributed by atoms with E-state index in [1.54, 1.807) is 18.2 Å². The first-order valence-electron chi connectivity index (χ1n) is 7.91. The number of carbonyl (C=O) groups excluding carboxylic acids is 1. The maximum atomic E-state index is 12.2. The minimum absolute atomic E-state index is 0. The minimum Gasteiger partial charge on any atom is -0.542 e. The van der Waals surface area contributed by atoms with Gasteiger partial charge < -0.3 is 28.9 Å². The van der Waals surface area contributed by atoms with Gasteiger partial charge in [-0.25, -0.2) is 0 Å². The van der Waals surface area contributed by atoms with Gasteiger partial charge in [0.2, 0.25) is 0 Å². The van der Waals surface area contributed by atoms with Crippen LogP contribution in [0.5, 0.6) is 11.5 Å². The van der Waals surface area contributed by atoms with Gasteiger partial charge in [-0.05, 0) is 36.4 Å². The topological polar surface area (TPSA) is 109 Å². The molecule has 7 nitrogen and oxygen atoms in total. The van der Waals surface area contributed by atoms with Crippen molar-refractivity contribution >= 4 is 32.9 Å². The number of aromatic carboxylic acids is 1. The summed E-state index contributed by atoms with van der Waals surface area (Å²) in [6, 6.07) is 12.5. The summed E-state index contributed by atoms with van der Waals surface area (Å²) < 4.78 is 17.0. The van der Waals surface area contributed by atoms with Gasteiger partial charge in [-0.15, -0.1) is 0 Å². The number of rotatable bonds is 7. The summed E-state index contributed by atoms with van der Waals surface area (Å²) in [6.45, 7) is -0.132. The fourth-order valence-corrected chi connectivity index (χ4v) is 2.62. The molecular weight excluding hydrogens is 443 g/mol. The molecule has 1 unspecified atom stereocenters. The molecule has 1 atom stereocenters. The number of hydrogen-bond acceptors (Lipinski definition) is 7. The molecule has 0 radical (unpaired) electrons. The third-order valence-corrected chi connectivity index (χ3v) is 4.13. The Morgan fingerprint density at radius 1 is 1.14 bits per heavy atom. The number of ether oxygens (including phenoxy) is 2. The molecule has 0 fully saturated rings. The predicted molar refractivity (Wildman–Crippen MR) is 98.0 cm³/mol. The third-order valence-electron chi connectivity index (χ3n) is 3.60. The Balaban J connectivity index is 0.00000280. The average molecular weight is 457 g/mol. The van der Waals surface area contributed by atoms with Crippen LogP contribution in [0, 0.1) is 0 Å². The number of halogens is 1. The number of aliphatic hydroxyl groups excluding tert-OH is 1. The van der Waals surface area contributed by atoms with Crippen molar-refractivity contribution in [1.29, 1.82) is 0 Å². The molecule has 3 rings (SSSR count). The molecule has 0 aliphatic heterocycles. The summed E-state index contributed by atoms with van der Waals surface area (Å²) in [5, 5.41) is 21.0. The SMILES string of the molecule is O=C([O-])c1cc(=O)c2c(OCC(O)COc3ccc(Br)cc3)cccc2o1.[Na+]. The van der Waals surface area contributed by atoms with Gasteiger partial charge in [0.15, 0.2) is 11.2 Å². The van der Waals surface area contributed by atoms with Gasteiger partial charge in [0.1, 0.15) is 47.8 Å². The van der Waals surface area contributed by atoms with E-state index >= 15 is 0 Å². The van der Waals surface area contributed by atoms with Crippen LogP contribution in [0.2, 0.25) is 0 Å². The van der Waals surface area contributed by atoms with Gasteiger partial charge in [0.05, 0.1) is 0 Å². The second-order valence-corrected chi connectivity index (χ2v) is 6.54. The van der Waals surface area contributed by atoms with Crippen LogP contribution in [-0.2, 0) is 0 Å². The molecule has 0 bridgehead atoms. The van der Waals surface area contributed by atoms with Crippen molar-refractivity contribution in [3.63, 3.8) is 0 Å². The van der Waals surface area contributed by atoms with Crippen LogP contribution < -0.4 is 49.6 Å². The zero-order valence-electron chi connectivity index (χ0n) is 14.9. The van der Waals surface area contributed by atoms with Crippen molar-refractivity contribution in [3.05, 3.63) is 69.0 Å². The maximum absolute atomic E-state index is 12.2. The van der Waals surface area contributed by atoms with Crippen LogP contribution in [0.15, 0.2) is 62.2 Å². The first-order chi connectivity index (χ1) is 12.9. The normalized spacial score (nSPS) is 11.5. The predicted octanol–water partition coefficient (Wildman–Crippen LogP) is -1.26. The molecule has 0 saturated carbocycles. The van der Waals surface area contributed by atoms with E-state index in [0.29, 0.717) is 5.75 Å². The molecule has 0 aliphatic rings. The second-order valence-electron chi connectivity index (χ2n) is 5.62. The molecule has 1 heterocycles. The fourth-order valence-electron chi connectivity index (χ4n) is 2.36. The zero-order chi connectivity index (χ0) is 19.4. The Labute approximate surface area is 190 Å². The molecule has 1 aromatic heterocycles. The van der Waals surface area contributed by atoms with Crippen molar-refractivity contribution in [2.45, 2.75) is 6.10 Å². The van der Waals surface area contributed by atoms with Crippen molar-refractivity contribution in [1.82, 2.24) is 0 Å². The van der Waals surface area contributed by atoms with Crippen LogP contribution in [0.3, 0.4) is 0 Å². The standard InChI is InChI=1S/C19H15BrO7.Na/c20-11-4-6-13(7-5-11)25-9-12(21)10-26-15-2-1-3-16-18(15)14(22)8-17(27-16)19(23)24;/h1-8,12,21H,9-10H2,(H,23,24);/q;+1/p-1. The largest absolute Gasteiger partial charge is 1.00 e. The van der Waals surface area contributed by atoms with Crippen LogP contribution >= 0.6 is 15.9 Å². The van der Waals surface area contributed by atoms with Crippen molar-refractivity contribution in [2.75, 3.05) is 13.2 Å². The molecule has 2 aromatic carbocycles. The molecule has 3 aromatic rings. The van der Waals surface area contributed by atoms with Gasteiger partial charge in [-0.3, -0.25) is 4.79 Å². The molecule has 1 N–H and O–H groups in total. The van der Waals surface area contributed by atoms with Crippen LogP contribution in [0.1, 0.15) is 10.6 Å². The molecule has 0 saturated heterocycles. The quantitative estimate of drug-likeness (QED) is 0.442. The molecule has 0 spiro atoms. The van der Waals surface area contributed by atoms with Gasteiger partial charge in [0.25, 0.3) is 0 Å². The number of carboxylic acid groups (broad SMARTS) is 1. The van der Waals surface area contributed by atoms with E-state index in [4.69, 9.17) is 13.9 Å². The summed E-state index contributed by atoms with van der Waals surface area (Å²) in [7, 11) is 0. The van der Waals surface area contributed by atoms with Gasteiger partial charge in [-0.1, -0.05) is 22.0 Å². The van der Waals surface area contributed by atoms with Crippen LogP contribution in [0.4, 0.5) is 0 Å². The summed E-state index contributed by atoms with van der Waals surface area (Å²) in [5.74, 6) is -1.37. The van der Waals surface area contributed by atoms with E-state index in [1.807, 2.05) is 12.1 Å². The molecule has 28 heavy (non-hydrogen) atoms.